The lowest BCUT2D eigenvalue weighted by atomic mass is 9.93. The molecule has 178 valence electrons. The van der Waals surface area contributed by atoms with Crippen LogP contribution in [-0.2, 0) is 22.6 Å². The normalized spacial score (nSPS) is 22.1. The quantitative estimate of drug-likeness (QED) is 0.525. The Morgan fingerprint density at radius 2 is 2.09 bits per heavy atom. The van der Waals surface area contributed by atoms with Crippen molar-refractivity contribution in [3.8, 4) is 5.75 Å². The fourth-order valence-electron chi connectivity index (χ4n) is 4.90. The maximum Gasteiger partial charge on any atom is 0.271 e. The molecule has 0 unspecified atom stereocenters. The summed E-state index contributed by atoms with van der Waals surface area (Å²) in [6.07, 6.45) is 1.96. The highest BCUT2D eigenvalue weighted by Crippen LogP contribution is 2.35. The van der Waals surface area contributed by atoms with Crippen molar-refractivity contribution in [3.63, 3.8) is 0 Å². The van der Waals surface area contributed by atoms with E-state index in [0.717, 1.165) is 40.4 Å². The van der Waals surface area contributed by atoms with E-state index in [-0.39, 0.29) is 17.9 Å². The number of methoxy groups -OCH3 is 1. The molecule has 2 aliphatic heterocycles. The van der Waals surface area contributed by atoms with Crippen LogP contribution in [0.15, 0.2) is 53.0 Å². The third kappa shape index (κ3) is 3.99. The van der Waals surface area contributed by atoms with E-state index in [1.807, 2.05) is 60.0 Å². The van der Waals surface area contributed by atoms with Crippen molar-refractivity contribution in [3.05, 3.63) is 64.3 Å². The molecule has 1 fully saturated rings. The number of ether oxygens (including phenoxy) is 2. The largest absolute Gasteiger partial charge is 0.497 e. The lowest BCUT2D eigenvalue weighted by Gasteiger charge is -2.44. The molecular weight excluding hydrogens is 498 g/mol. The third-order valence-corrected chi connectivity index (χ3v) is 7.70. The van der Waals surface area contributed by atoms with Crippen LogP contribution >= 0.6 is 15.9 Å². The average Bonchev–Trinajstić information content (AvgIpc) is 3.49. The smallest absolute Gasteiger partial charge is 0.271 e. The van der Waals surface area contributed by atoms with E-state index in [1.165, 1.54) is 0 Å². The van der Waals surface area contributed by atoms with Crippen molar-refractivity contribution >= 4 is 38.6 Å². The van der Waals surface area contributed by atoms with Crippen molar-refractivity contribution in [1.82, 2.24) is 14.8 Å². The van der Waals surface area contributed by atoms with E-state index in [9.17, 15) is 9.59 Å². The van der Waals surface area contributed by atoms with Crippen molar-refractivity contribution in [2.24, 2.45) is 0 Å². The summed E-state index contributed by atoms with van der Waals surface area (Å²) in [5.41, 5.74) is 1.30. The highest BCUT2D eigenvalue weighted by atomic mass is 79.9. The minimum absolute atomic E-state index is 0.0239. The standard InChI is InChI=1S/C26H28BrN3O4/c1-26(25(32)28-14-20-7-5-11-34-20)16-29-22-13-19(33-2)10-9-17(22)12-23(29)24(31)30(26)15-18-6-3-4-8-21(18)27/h3-4,6,8-10,12-13,20H,5,7,11,14-16H2,1-2H3,(H,28,32)/t20-,26+/m1/s1. The summed E-state index contributed by atoms with van der Waals surface area (Å²) < 4.78 is 14.0. The third-order valence-electron chi connectivity index (χ3n) is 6.93. The van der Waals surface area contributed by atoms with E-state index in [1.54, 1.807) is 12.0 Å². The molecular formula is C26H28BrN3O4. The van der Waals surface area contributed by atoms with Crippen molar-refractivity contribution < 1.29 is 19.1 Å². The zero-order chi connectivity index (χ0) is 23.9. The van der Waals surface area contributed by atoms with Gasteiger partial charge in [0.15, 0.2) is 0 Å². The number of rotatable bonds is 6. The van der Waals surface area contributed by atoms with Gasteiger partial charge in [0.05, 0.1) is 25.3 Å². The molecule has 8 heteroatoms. The first-order valence-corrected chi connectivity index (χ1v) is 12.3. The van der Waals surface area contributed by atoms with Gasteiger partial charge in [-0.25, -0.2) is 0 Å². The molecule has 1 saturated heterocycles. The van der Waals surface area contributed by atoms with Crippen LogP contribution in [0.1, 0.15) is 35.8 Å². The number of carbonyl (C=O) groups excluding carboxylic acids is 2. The number of amides is 2. The molecule has 0 bridgehead atoms. The maximum absolute atomic E-state index is 13.9. The highest BCUT2D eigenvalue weighted by Gasteiger charge is 2.48. The van der Waals surface area contributed by atoms with Gasteiger partial charge >= 0.3 is 0 Å². The molecule has 2 atom stereocenters. The van der Waals surface area contributed by atoms with E-state index in [4.69, 9.17) is 9.47 Å². The number of halogens is 1. The van der Waals surface area contributed by atoms with Gasteiger partial charge in [-0.15, -0.1) is 0 Å². The van der Waals surface area contributed by atoms with Crippen LogP contribution in [0.4, 0.5) is 0 Å². The van der Waals surface area contributed by atoms with E-state index < -0.39 is 5.54 Å². The Labute approximate surface area is 207 Å². The summed E-state index contributed by atoms with van der Waals surface area (Å²) in [5.74, 6) is 0.353. The van der Waals surface area contributed by atoms with E-state index in [0.29, 0.717) is 31.1 Å². The van der Waals surface area contributed by atoms with Crippen LogP contribution in [0.2, 0.25) is 0 Å². The molecule has 2 amide bonds. The first-order valence-electron chi connectivity index (χ1n) is 11.5. The molecule has 0 saturated carbocycles. The van der Waals surface area contributed by atoms with Gasteiger partial charge in [-0.05, 0) is 49.6 Å². The van der Waals surface area contributed by atoms with Gasteiger partial charge in [0.2, 0.25) is 5.91 Å². The summed E-state index contributed by atoms with van der Waals surface area (Å²) in [6, 6.07) is 15.4. The van der Waals surface area contributed by atoms with Crippen molar-refractivity contribution in [2.75, 3.05) is 20.3 Å². The number of nitrogens with one attached hydrogen (secondary N) is 1. The van der Waals surface area contributed by atoms with E-state index >= 15 is 0 Å². The minimum atomic E-state index is -1.09. The van der Waals surface area contributed by atoms with Crippen molar-refractivity contribution in [2.45, 2.75) is 44.5 Å². The fourth-order valence-corrected chi connectivity index (χ4v) is 5.31. The highest BCUT2D eigenvalue weighted by molar-refractivity contribution is 9.10. The van der Waals surface area contributed by atoms with Gasteiger partial charge < -0.3 is 24.3 Å². The Kier molecular flexibility index (Phi) is 6.12. The molecule has 34 heavy (non-hydrogen) atoms. The Morgan fingerprint density at radius 1 is 1.26 bits per heavy atom. The molecule has 3 aromatic rings. The maximum atomic E-state index is 13.9. The number of hydrogen-bond acceptors (Lipinski definition) is 4. The summed E-state index contributed by atoms with van der Waals surface area (Å²) in [7, 11) is 1.62. The molecule has 2 aromatic carbocycles. The van der Waals surface area contributed by atoms with Crippen LogP contribution < -0.4 is 10.1 Å². The Hall–Kier alpha value is -2.84. The first kappa shape index (κ1) is 22.9. The lowest BCUT2D eigenvalue weighted by Crippen LogP contribution is -2.64. The predicted molar refractivity (Wildman–Crippen MR) is 133 cm³/mol. The minimum Gasteiger partial charge on any atom is -0.497 e. The van der Waals surface area contributed by atoms with E-state index in [2.05, 4.69) is 21.2 Å². The molecule has 1 N–H and O–H groups in total. The van der Waals surface area contributed by atoms with Crippen molar-refractivity contribution in [1.29, 1.82) is 0 Å². The Balaban J connectivity index is 1.55. The number of fused-ring (bicyclic) bond motifs is 3. The molecule has 3 heterocycles. The second-order valence-electron chi connectivity index (χ2n) is 9.14. The summed E-state index contributed by atoms with van der Waals surface area (Å²) in [6.45, 7) is 3.67. The molecule has 0 spiro atoms. The van der Waals surface area contributed by atoms with Gasteiger partial charge in [-0.1, -0.05) is 34.1 Å². The Bertz CT molecular complexity index is 1250. The zero-order valence-electron chi connectivity index (χ0n) is 19.3. The SMILES string of the molecule is COc1ccc2cc3n(c2c1)C[C@@](C)(C(=O)NC[C@H]1CCCO1)N(Cc1ccccc1Br)C3=O. The van der Waals surface area contributed by atoms with Crippen LogP contribution in [0, 0.1) is 0 Å². The van der Waals surface area contributed by atoms with Gasteiger partial charge in [0, 0.05) is 35.6 Å². The fraction of sp³-hybridized carbons (Fsp3) is 0.385. The summed E-state index contributed by atoms with van der Waals surface area (Å²) in [5, 5.41) is 4.01. The average molecular weight is 526 g/mol. The topological polar surface area (TPSA) is 72.8 Å². The molecule has 0 radical (unpaired) electrons. The number of nitrogens with zero attached hydrogens (tertiary/aromatic N) is 2. The second-order valence-corrected chi connectivity index (χ2v) is 10.00. The molecule has 1 aromatic heterocycles. The molecule has 0 aliphatic carbocycles. The number of carbonyl (C=O) groups is 2. The summed E-state index contributed by atoms with van der Waals surface area (Å²) in [4.78, 5) is 29.3. The van der Waals surface area contributed by atoms with Gasteiger partial charge in [-0.3, -0.25) is 9.59 Å². The predicted octanol–water partition coefficient (Wildman–Crippen LogP) is 4.12. The lowest BCUT2D eigenvalue weighted by molar-refractivity contribution is -0.133. The number of aromatic nitrogens is 1. The van der Waals surface area contributed by atoms with Crippen LogP contribution in [0.25, 0.3) is 10.9 Å². The number of benzene rings is 2. The number of hydrogen-bond donors (Lipinski definition) is 1. The van der Waals surface area contributed by atoms with Crippen LogP contribution in [0.5, 0.6) is 5.75 Å². The molecule has 7 nitrogen and oxygen atoms in total. The van der Waals surface area contributed by atoms with Gasteiger partial charge in [0.1, 0.15) is 17.0 Å². The summed E-state index contributed by atoms with van der Waals surface area (Å²) >= 11 is 3.59. The zero-order valence-corrected chi connectivity index (χ0v) is 20.9. The van der Waals surface area contributed by atoms with Crippen LogP contribution in [0.3, 0.4) is 0 Å². The molecule has 2 aliphatic rings. The van der Waals surface area contributed by atoms with Crippen LogP contribution in [-0.4, -0.2) is 53.2 Å². The van der Waals surface area contributed by atoms with Gasteiger partial charge in [-0.2, -0.15) is 0 Å². The second kappa shape index (κ2) is 9.07. The molecule has 5 rings (SSSR count). The first-order chi connectivity index (χ1) is 16.4. The Morgan fingerprint density at radius 3 is 2.82 bits per heavy atom. The monoisotopic (exact) mass is 525 g/mol. The van der Waals surface area contributed by atoms with Gasteiger partial charge in [0.25, 0.3) is 5.91 Å².